The number of benzene rings is 1. The van der Waals surface area contributed by atoms with Gasteiger partial charge in [0, 0.05) is 12.1 Å². The Morgan fingerprint density at radius 3 is 2.44 bits per heavy atom. The van der Waals surface area contributed by atoms with Crippen molar-refractivity contribution < 1.29 is 19.2 Å². The highest BCUT2D eigenvalue weighted by Gasteiger charge is 2.29. The number of hydrogen-bond donors (Lipinski definition) is 0. The van der Waals surface area contributed by atoms with Crippen LogP contribution < -0.4 is 0 Å². The fraction of sp³-hybridized carbons (Fsp3) is 0. The Morgan fingerprint density at radius 2 is 1.88 bits per heavy atom. The second-order valence-corrected chi connectivity index (χ2v) is 3.04. The normalized spacial score (nSPS) is 14.6. The molecule has 0 saturated carbocycles. The standard InChI is InChI=1S/C10H5NO5/c12-8-5-9(16-10(8)13)6-3-1-2-4-7(6)11(14)15/h1-5H. The lowest BCUT2D eigenvalue weighted by Gasteiger charge is -2.01. The summed E-state index contributed by atoms with van der Waals surface area (Å²) in [6.07, 6.45) is 0.949. The Bertz CT molecular complexity index is 532. The summed E-state index contributed by atoms with van der Waals surface area (Å²) in [5, 5.41) is 10.7. The van der Waals surface area contributed by atoms with Crippen molar-refractivity contribution in [3.05, 3.63) is 46.0 Å². The number of ether oxygens (including phenoxy) is 1. The molecule has 1 aromatic rings. The number of carbonyl (C=O) groups is 2. The van der Waals surface area contributed by atoms with E-state index < -0.39 is 16.7 Å². The minimum Gasteiger partial charge on any atom is -0.419 e. The molecule has 0 spiro atoms. The van der Waals surface area contributed by atoms with E-state index in [1.165, 1.54) is 18.2 Å². The number of esters is 1. The number of carbonyl (C=O) groups excluding carboxylic acids is 2. The summed E-state index contributed by atoms with van der Waals surface area (Å²) < 4.78 is 4.62. The molecule has 6 nitrogen and oxygen atoms in total. The van der Waals surface area contributed by atoms with Crippen LogP contribution in [0.25, 0.3) is 5.76 Å². The van der Waals surface area contributed by atoms with E-state index in [0.29, 0.717) is 0 Å². The second kappa shape index (κ2) is 3.58. The van der Waals surface area contributed by atoms with Crippen molar-refractivity contribution in [1.82, 2.24) is 0 Å². The molecule has 6 heteroatoms. The summed E-state index contributed by atoms with van der Waals surface area (Å²) >= 11 is 0. The van der Waals surface area contributed by atoms with E-state index in [-0.39, 0.29) is 17.0 Å². The predicted octanol–water partition coefficient (Wildman–Crippen LogP) is 1.06. The largest absolute Gasteiger partial charge is 0.419 e. The Hall–Kier alpha value is -2.50. The van der Waals surface area contributed by atoms with E-state index in [4.69, 9.17) is 0 Å². The highest BCUT2D eigenvalue weighted by Crippen LogP contribution is 2.28. The number of hydrogen-bond acceptors (Lipinski definition) is 5. The molecule has 1 aliphatic heterocycles. The van der Waals surface area contributed by atoms with Gasteiger partial charge in [0.2, 0.25) is 0 Å². The van der Waals surface area contributed by atoms with Crippen LogP contribution in [0.1, 0.15) is 5.56 Å². The van der Waals surface area contributed by atoms with Gasteiger partial charge in [-0.25, -0.2) is 4.79 Å². The second-order valence-electron chi connectivity index (χ2n) is 3.04. The molecule has 1 aromatic carbocycles. The number of ketones is 1. The fourth-order valence-corrected chi connectivity index (χ4v) is 1.33. The summed E-state index contributed by atoms with van der Waals surface area (Å²) in [6, 6.07) is 5.73. The van der Waals surface area contributed by atoms with Crippen LogP contribution in [0.3, 0.4) is 0 Å². The Morgan fingerprint density at radius 1 is 1.19 bits per heavy atom. The van der Waals surface area contributed by atoms with Gasteiger partial charge in [-0.1, -0.05) is 12.1 Å². The molecule has 16 heavy (non-hydrogen) atoms. The zero-order valence-electron chi connectivity index (χ0n) is 7.88. The Kier molecular flexibility index (Phi) is 2.24. The van der Waals surface area contributed by atoms with Gasteiger partial charge in [-0.05, 0) is 6.07 Å². The molecule has 0 saturated heterocycles. The molecule has 0 amide bonds. The quantitative estimate of drug-likeness (QED) is 0.321. The highest BCUT2D eigenvalue weighted by atomic mass is 16.6. The van der Waals surface area contributed by atoms with E-state index in [0.717, 1.165) is 6.08 Å². The van der Waals surface area contributed by atoms with Crippen LogP contribution in [0.4, 0.5) is 5.69 Å². The first kappa shape index (κ1) is 10.0. The van der Waals surface area contributed by atoms with Crippen LogP contribution >= 0.6 is 0 Å². The van der Waals surface area contributed by atoms with Gasteiger partial charge in [0.25, 0.3) is 11.5 Å². The summed E-state index contributed by atoms with van der Waals surface area (Å²) in [5.41, 5.74) is -0.0945. The first-order chi connectivity index (χ1) is 7.59. The number of nitrogens with zero attached hydrogens (tertiary/aromatic N) is 1. The summed E-state index contributed by atoms with van der Waals surface area (Å²) in [5.74, 6) is -1.91. The average Bonchev–Trinajstić information content (AvgIpc) is 2.59. The fourth-order valence-electron chi connectivity index (χ4n) is 1.33. The lowest BCUT2D eigenvalue weighted by molar-refractivity contribution is -0.385. The summed E-state index contributed by atoms with van der Waals surface area (Å²) in [6.45, 7) is 0. The van der Waals surface area contributed by atoms with Crippen molar-refractivity contribution >= 4 is 23.2 Å². The number of cyclic esters (lactones) is 1. The van der Waals surface area contributed by atoms with Crippen LogP contribution in [-0.2, 0) is 14.3 Å². The lowest BCUT2D eigenvalue weighted by atomic mass is 10.1. The topological polar surface area (TPSA) is 86.5 Å². The molecule has 0 fully saturated rings. The van der Waals surface area contributed by atoms with Gasteiger partial charge in [-0.15, -0.1) is 0 Å². The molecule has 80 valence electrons. The van der Waals surface area contributed by atoms with Gasteiger partial charge in [-0.3, -0.25) is 14.9 Å². The Labute approximate surface area is 89.3 Å². The first-order valence-corrected chi connectivity index (χ1v) is 4.31. The van der Waals surface area contributed by atoms with Gasteiger partial charge in [0.05, 0.1) is 10.5 Å². The minimum absolute atomic E-state index is 0.0812. The maximum Gasteiger partial charge on any atom is 0.384 e. The van der Waals surface area contributed by atoms with E-state index in [1.54, 1.807) is 6.07 Å². The van der Waals surface area contributed by atoms with Crippen LogP contribution in [0.2, 0.25) is 0 Å². The maximum absolute atomic E-state index is 10.9. The molecule has 2 rings (SSSR count). The zero-order chi connectivity index (χ0) is 11.7. The van der Waals surface area contributed by atoms with Crippen molar-refractivity contribution in [1.29, 1.82) is 0 Å². The summed E-state index contributed by atoms with van der Waals surface area (Å²) in [4.78, 5) is 31.9. The molecule has 0 aliphatic carbocycles. The van der Waals surface area contributed by atoms with Crippen molar-refractivity contribution in [2.45, 2.75) is 0 Å². The monoisotopic (exact) mass is 219 g/mol. The highest BCUT2D eigenvalue weighted by molar-refractivity contribution is 6.43. The van der Waals surface area contributed by atoms with E-state index in [1.807, 2.05) is 0 Å². The van der Waals surface area contributed by atoms with E-state index in [9.17, 15) is 19.7 Å². The molecule has 0 unspecified atom stereocenters. The number of rotatable bonds is 2. The predicted molar refractivity (Wildman–Crippen MR) is 52.2 cm³/mol. The van der Waals surface area contributed by atoms with Crippen LogP contribution in [0.15, 0.2) is 30.3 Å². The van der Waals surface area contributed by atoms with Crippen LogP contribution in [-0.4, -0.2) is 16.7 Å². The van der Waals surface area contributed by atoms with E-state index in [2.05, 4.69) is 4.74 Å². The first-order valence-electron chi connectivity index (χ1n) is 4.31. The van der Waals surface area contributed by atoms with Crippen LogP contribution in [0.5, 0.6) is 0 Å². The number of nitro groups is 1. The van der Waals surface area contributed by atoms with Gasteiger partial charge in [0.1, 0.15) is 5.76 Å². The molecule has 0 atom stereocenters. The third kappa shape index (κ3) is 1.56. The van der Waals surface area contributed by atoms with Gasteiger partial charge < -0.3 is 4.74 Å². The van der Waals surface area contributed by atoms with Crippen molar-refractivity contribution in [3.8, 4) is 0 Å². The molecule has 0 radical (unpaired) electrons. The SMILES string of the molecule is O=C1C=C(c2ccccc2[N+](=O)[O-])OC1=O. The third-order valence-corrected chi connectivity index (χ3v) is 2.03. The molecule has 0 N–H and O–H groups in total. The molecular weight excluding hydrogens is 214 g/mol. The maximum atomic E-state index is 10.9. The van der Waals surface area contributed by atoms with E-state index >= 15 is 0 Å². The molecule has 0 aromatic heterocycles. The number of nitro benzene ring substituents is 1. The van der Waals surface area contributed by atoms with Crippen molar-refractivity contribution in [3.63, 3.8) is 0 Å². The number of para-hydroxylation sites is 1. The Balaban J connectivity index is 2.50. The van der Waals surface area contributed by atoms with Gasteiger partial charge in [-0.2, -0.15) is 0 Å². The van der Waals surface area contributed by atoms with Crippen molar-refractivity contribution in [2.24, 2.45) is 0 Å². The third-order valence-electron chi connectivity index (χ3n) is 2.03. The molecule has 0 bridgehead atoms. The van der Waals surface area contributed by atoms with Crippen LogP contribution in [0, 0.1) is 10.1 Å². The molecular formula is C10H5NO5. The summed E-state index contributed by atoms with van der Waals surface area (Å²) in [7, 11) is 0. The lowest BCUT2D eigenvalue weighted by Crippen LogP contribution is -2.05. The molecule has 1 aliphatic rings. The minimum atomic E-state index is -1.02. The molecule has 1 heterocycles. The zero-order valence-corrected chi connectivity index (χ0v) is 7.88. The van der Waals surface area contributed by atoms with Gasteiger partial charge >= 0.3 is 5.97 Å². The van der Waals surface area contributed by atoms with Gasteiger partial charge in [0.15, 0.2) is 0 Å². The average molecular weight is 219 g/mol. The smallest absolute Gasteiger partial charge is 0.384 e. The van der Waals surface area contributed by atoms with Crippen molar-refractivity contribution in [2.75, 3.05) is 0 Å².